The summed E-state index contributed by atoms with van der Waals surface area (Å²) in [5.74, 6) is -0.796. The lowest BCUT2D eigenvalue weighted by Gasteiger charge is -2.11. The Morgan fingerprint density at radius 2 is 2.16 bits per heavy atom. The molecule has 0 bridgehead atoms. The number of carbonyl (C=O) groups excluding carboxylic acids is 1. The molecular formula is C13H15NO5. The lowest BCUT2D eigenvalue weighted by molar-refractivity contribution is -0.122. The van der Waals surface area contributed by atoms with Crippen molar-refractivity contribution < 1.29 is 24.2 Å². The monoisotopic (exact) mass is 265 g/mol. The zero-order valence-corrected chi connectivity index (χ0v) is 10.5. The number of methoxy groups -OCH3 is 1. The second-order valence-electron chi connectivity index (χ2n) is 3.55. The minimum atomic E-state index is -1.06. The lowest BCUT2D eigenvalue weighted by atomic mass is 10.2. The maximum atomic E-state index is 11.3. The molecule has 0 aliphatic heterocycles. The van der Waals surface area contributed by atoms with Gasteiger partial charge in [-0.25, -0.2) is 4.79 Å². The molecule has 0 atom stereocenters. The van der Waals surface area contributed by atoms with Gasteiger partial charge in [-0.1, -0.05) is 6.08 Å². The molecule has 1 amide bonds. The summed E-state index contributed by atoms with van der Waals surface area (Å²) in [6.07, 6.45) is 1.56. The van der Waals surface area contributed by atoms with Crippen LogP contribution in [0.3, 0.4) is 0 Å². The van der Waals surface area contributed by atoms with Gasteiger partial charge in [-0.05, 0) is 18.2 Å². The molecule has 0 spiro atoms. The number of aromatic carboxylic acids is 1. The number of nitrogens with one attached hydrogen (secondary N) is 1. The van der Waals surface area contributed by atoms with Gasteiger partial charge in [0.2, 0.25) is 0 Å². The van der Waals surface area contributed by atoms with E-state index in [4.69, 9.17) is 14.6 Å². The highest BCUT2D eigenvalue weighted by molar-refractivity contribution is 5.88. The Hall–Kier alpha value is -2.50. The van der Waals surface area contributed by atoms with Gasteiger partial charge < -0.3 is 19.9 Å². The minimum Gasteiger partial charge on any atom is -0.493 e. The SMILES string of the molecule is C=CCNC(=O)COc1ccc(C(=O)O)cc1OC. The Morgan fingerprint density at radius 3 is 2.74 bits per heavy atom. The van der Waals surface area contributed by atoms with Crippen LogP contribution in [-0.4, -0.2) is 37.2 Å². The molecule has 1 rings (SSSR count). The molecule has 102 valence electrons. The van der Waals surface area contributed by atoms with Gasteiger partial charge in [-0.15, -0.1) is 6.58 Å². The van der Waals surface area contributed by atoms with Crippen molar-refractivity contribution in [2.24, 2.45) is 0 Å². The van der Waals surface area contributed by atoms with E-state index in [0.29, 0.717) is 12.3 Å². The van der Waals surface area contributed by atoms with Crippen molar-refractivity contribution in [3.05, 3.63) is 36.4 Å². The van der Waals surface area contributed by atoms with Gasteiger partial charge in [0.15, 0.2) is 18.1 Å². The van der Waals surface area contributed by atoms with Gasteiger partial charge in [0, 0.05) is 6.54 Å². The van der Waals surface area contributed by atoms with Crippen LogP contribution in [-0.2, 0) is 4.79 Å². The second-order valence-corrected chi connectivity index (χ2v) is 3.55. The van der Waals surface area contributed by atoms with Crippen LogP contribution in [0.1, 0.15) is 10.4 Å². The van der Waals surface area contributed by atoms with Crippen LogP contribution in [0.25, 0.3) is 0 Å². The highest BCUT2D eigenvalue weighted by Crippen LogP contribution is 2.27. The number of hydrogen-bond donors (Lipinski definition) is 2. The summed E-state index contributed by atoms with van der Waals surface area (Å²) in [6, 6.07) is 4.16. The average molecular weight is 265 g/mol. The van der Waals surface area contributed by atoms with Gasteiger partial charge in [0.1, 0.15) is 0 Å². The van der Waals surface area contributed by atoms with Gasteiger partial charge in [0.05, 0.1) is 12.7 Å². The Morgan fingerprint density at radius 1 is 1.42 bits per heavy atom. The first-order valence-corrected chi connectivity index (χ1v) is 5.50. The Balaban J connectivity index is 2.70. The van der Waals surface area contributed by atoms with Gasteiger partial charge in [-0.2, -0.15) is 0 Å². The summed E-state index contributed by atoms with van der Waals surface area (Å²) >= 11 is 0. The van der Waals surface area contributed by atoms with Crippen LogP contribution in [0, 0.1) is 0 Å². The van der Waals surface area contributed by atoms with Gasteiger partial charge in [0.25, 0.3) is 5.91 Å². The molecule has 0 aliphatic carbocycles. The maximum absolute atomic E-state index is 11.3. The van der Waals surface area contributed by atoms with Crippen LogP contribution in [0.2, 0.25) is 0 Å². The third-order valence-electron chi connectivity index (χ3n) is 2.21. The fraction of sp³-hybridized carbons (Fsp3) is 0.231. The summed E-state index contributed by atoms with van der Waals surface area (Å²) in [5.41, 5.74) is 0.0836. The quantitative estimate of drug-likeness (QED) is 0.720. The van der Waals surface area contributed by atoms with Crippen molar-refractivity contribution in [3.63, 3.8) is 0 Å². The molecule has 0 unspecified atom stereocenters. The molecule has 0 fully saturated rings. The fourth-order valence-electron chi connectivity index (χ4n) is 1.30. The number of amides is 1. The molecule has 6 nitrogen and oxygen atoms in total. The van der Waals surface area contributed by atoms with E-state index < -0.39 is 5.97 Å². The van der Waals surface area contributed by atoms with Crippen LogP contribution >= 0.6 is 0 Å². The smallest absolute Gasteiger partial charge is 0.335 e. The topological polar surface area (TPSA) is 84.9 Å². The van der Waals surface area contributed by atoms with Crippen LogP contribution in [0.4, 0.5) is 0 Å². The lowest BCUT2D eigenvalue weighted by Crippen LogP contribution is -2.28. The zero-order valence-electron chi connectivity index (χ0n) is 10.5. The molecule has 6 heteroatoms. The molecular weight excluding hydrogens is 250 g/mol. The molecule has 0 heterocycles. The predicted molar refractivity (Wildman–Crippen MR) is 68.7 cm³/mol. The average Bonchev–Trinajstić information content (AvgIpc) is 2.42. The Kier molecular flexibility index (Phi) is 5.40. The van der Waals surface area contributed by atoms with Crippen molar-refractivity contribution in [3.8, 4) is 11.5 Å². The van der Waals surface area contributed by atoms with E-state index in [9.17, 15) is 9.59 Å². The van der Waals surface area contributed by atoms with E-state index in [1.807, 2.05) is 0 Å². The molecule has 0 radical (unpaired) electrons. The molecule has 0 saturated carbocycles. The van der Waals surface area contributed by atoms with Crippen LogP contribution in [0.5, 0.6) is 11.5 Å². The van der Waals surface area contributed by atoms with Gasteiger partial charge >= 0.3 is 5.97 Å². The zero-order chi connectivity index (χ0) is 14.3. The van der Waals surface area contributed by atoms with Crippen molar-refractivity contribution in [2.75, 3.05) is 20.3 Å². The molecule has 2 N–H and O–H groups in total. The van der Waals surface area contributed by atoms with E-state index in [0.717, 1.165) is 0 Å². The largest absolute Gasteiger partial charge is 0.493 e. The molecule has 0 aliphatic rings. The minimum absolute atomic E-state index is 0.0836. The highest BCUT2D eigenvalue weighted by atomic mass is 16.5. The Labute approximate surface area is 110 Å². The number of carbonyl (C=O) groups is 2. The third-order valence-corrected chi connectivity index (χ3v) is 2.21. The summed E-state index contributed by atoms with van der Waals surface area (Å²) in [4.78, 5) is 22.1. The number of hydrogen-bond acceptors (Lipinski definition) is 4. The maximum Gasteiger partial charge on any atom is 0.335 e. The van der Waals surface area contributed by atoms with E-state index in [-0.39, 0.29) is 23.8 Å². The molecule has 0 saturated heterocycles. The van der Waals surface area contributed by atoms with Crippen molar-refractivity contribution in [1.82, 2.24) is 5.32 Å². The predicted octanol–water partition coefficient (Wildman–Crippen LogP) is 1.07. The standard InChI is InChI=1S/C13H15NO5/c1-3-6-14-12(15)8-19-10-5-4-9(13(16)17)7-11(10)18-2/h3-5,7H,1,6,8H2,2H3,(H,14,15)(H,16,17). The molecule has 1 aromatic carbocycles. The first-order chi connectivity index (χ1) is 9.08. The first kappa shape index (κ1) is 14.6. The van der Waals surface area contributed by atoms with E-state index in [1.165, 1.54) is 25.3 Å². The second kappa shape index (κ2) is 7.05. The Bertz CT molecular complexity index is 484. The van der Waals surface area contributed by atoms with Crippen LogP contribution < -0.4 is 14.8 Å². The number of benzene rings is 1. The van der Waals surface area contributed by atoms with E-state index in [2.05, 4.69) is 11.9 Å². The van der Waals surface area contributed by atoms with Crippen molar-refractivity contribution in [2.45, 2.75) is 0 Å². The summed E-state index contributed by atoms with van der Waals surface area (Å²) in [5, 5.41) is 11.4. The summed E-state index contributed by atoms with van der Waals surface area (Å²) in [7, 11) is 1.39. The van der Waals surface area contributed by atoms with Crippen molar-refractivity contribution >= 4 is 11.9 Å². The van der Waals surface area contributed by atoms with Crippen LogP contribution in [0.15, 0.2) is 30.9 Å². The summed E-state index contributed by atoms with van der Waals surface area (Å²) in [6.45, 7) is 3.65. The molecule has 19 heavy (non-hydrogen) atoms. The normalized spacial score (nSPS) is 9.53. The number of carboxylic acids is 1. The van der Waals surface area contributed by atoms with Gasteiger partial charge in [-0.3, -0.25) is 4.79 Å². The number of ether oxygens (including phenoxy) is 2. The van der Waals surface area contributed by atoms with Crippen molar-refractivity contribution in [1.29, 1.82) is 0 Å². The molecule has 0 aromatic heterocycles. The summed E-state index contributed by atoms with van der Waals surface area (Å²) < 4.78 is 10.3. The number of carboxylic acid groups (broad SMARTS) is 1. The van der Waals surface area contributed by atoms with E-state index in [1.54, 1.807) is 6.08 Å². The highest BCUT2D eigenvalue weighted by Gasteiger charge is 2.11. The fourth-order valence-corrected chi connectivity index (χ4v) is 1.30. The number of rotatable bonds is 7. The van der Waals surface area contributed by atoms with E-state index >= 15 is 0 Å². The molecule has 1 aromatic rings. The third kappa shape index (κ3) is 4.34. The first-order valence-electron chi connectivity index (χ1n) is 5.50.